The molecular weight excluding hydrogens is 1150 g/mol. The Bertz CT molecular complexity index is 3320. The molecular formula is C78H80Br2N2Si. The van der Waals surface area contributed by atoms with E-state index in [9.17, 15) is 0 Å². The van der Waals surface area contributed by atoms with Crippen molar-refractivity contribution in [3.63, 3.8) is 0 Å². The summed E-state index contributed by atoms with van der Waals surface area (Å²) in [4.78, 5) is 4.80. The predicted molar refractivity (Wildman–Crippen MR) is 369 cm³/mol. The van der Waals surface area contributed by atoms with Crippen molar-refractivity contribution in [2.45, 2.75) is 118 Å². The maximum atomic E-state index is 3.74. The van der Waals surface area contributed by atoms with Crippen LogP contribution in [-0.2, 0) is 25.7 Å². The molecule has 420 valence electrons. The number of unbranched alkanes of at least 4 members (excludes halogenated alkanes) is 6. The molecule has 10 aromatic carbocycles. The fraction of sp³-hybridized carbons (Fsp3) is 0.231. The smallest absolute Gasteiger partial charge is 0.179 e. The fourth-order valence-corrected chi connectivity index (χ4v) is 17.3. The highest BCUT2D eigenvalue weighted by atomic mass is 79.9. The molecule has 0 amide bonds. The lowest BCUT2D eigenvalue weighted by Gasteiger charge is -2.36. The van der Waals surface area contributed by atoms with Crippen molar-refractivity contribution in [1.82, 2.24) is 0 Å². The molecule has 0 spiro atoms. The molecule has 0 radical (unpaired) electrons. The third-order valence-corrected chi connectivity index (χ3v) is 22.5. The summed E-state index contributed by atoms with van der Waals surface area (Å²) in [5.41, 5.74) is 17.1. The van der Waals surface area contributed by atoms with E-state index in [2.05, 4.69) is 312 Å². The molecule has 0 aromatic heterocycles. The second-order valence-electron chi connectivity index (χ2n) is 22.5. The zero-order valence-electron chi connectivity index (χ0n) is 49.1. The van der Waals surface area contributed by atoms with Crippen molar-refractivity contribution in [3.8, 4) is 22.3 Å². The average molecular weight is 1230 g/mol. The average Bonchev–Trinajstić information content (AvgIpc) is 1.67. The van der Waals surface area contributed by atoms with Gasteiger partial charge in [-0.3, -0.25) is 0 Å². The monoisotopic (exact) mass is 1230 g/mol. The van der Waals surface area contributed by atoms with Gasteiger partial charge in [-0.25, -0.2) is 0 Å². The van der Waals surface area contributed by atoms with E-state index in [1.165, 1.54) is 117 Å². The molecule has 0 aliphatic carbocycles. The number of nitrogens with zero attached hydrogens (tertiary/aromatic N) is 2. The van der Waals surface area contributed by atoms with E-state index in [1.807, 2.05) is 0 Å². The Morgan fingerprint density at radius 3 is 0.747 bits per heavy atom. The zero-order chi connectivity index (χ0) is 57.4. The van der Waals surface area contributed by atoms with Crippen LogP contribution in [0.1, 0.15) is 114 Å². The number of hydrogen-bond donors (Lipinski definition) is 0. The van der Waals surface area contributed by atoms with Crippen LogP contribution >= 0.6 is 31.9 Å². The lowest BCUT2D eigenvalue weighted by atomic mass is 10.0. The second-order valence-corrected chi connectivity index (χ2v) is 28.1. The highest BCUT2D eigenvalue weighted by molar-refractivity contribution is 9.10. The van der Waals surface area contributed by atoms with Gasteiger partial charge in [0.05, 0.1) is 0 Å². The summed E-state index contributed by atoms with van der Waals surface area (Å²) in [6.07, 6.45) is 16.7. The van der Waals surface area contributed by atoms with Crippen LogP contribution in [0.25, 0.3) is 22.3 Å². The van der Waals surface area contributed by atoms with Gasteiger partial charge in [-0.15, -0.1) is 0 Å². The summed E-state index contributed by atoms with van der Waals surface area (Å²) in [5.74, 6) is 0. The van der Waals surface area contributed by atoms with E-state index in [-0.39, 0.29) is 0 Å². The van der Waals surface area contributed by atoms with Gasteiger partial charge in [-0.2, -0.15) is 0 Å². The molecule has 83 heavy (non-hydrogen) atoms. The van der Waals surface area contributed by atoms with E-state index in [4.69, 9.17) is 0 Å². The van der Waals surface area contributed by atoms with Crippen LogP contribution in [0.15, 0.2) is 252 Å². The lowest BCUT2D eigenvalue weighted by molar-refractivity contribution is 0.667. The van der Waals surface area contributed by atoms with Gasteiger partial charge in [0.2, 0.25) is 0 Å². The molecule has 0 unspecified atom stereocenters. The lowest BCUT2D eigenvalue weighted by Crippen LogP contribution is -2.74. The number of anilines is 6. The molecule has 10 rings (SSSR count). The van der Waals surface area contributed by atoms with Crippen LogP contribution in [0, 0.1) is 0 Å². The quantitative estimate of drug-likeness (QED) is 0.0303. The first kappa shape index (κ1) is 59.1. The van der Waals surface area contributed by atoms with Crippen molar-refractivity contribution in [2.24, 2.45) is 0 Å². The number of halogens is 2. The highest BCUT2D eigenvalue weighted by Crippen LogP contribution is 2.38. The molecule has 0 atom stereocenters. The minimum absolute atomic E-state index is 1.06. The maximum absolute atomic E-state index is 3.74. The Balaban J connectivity index is 1.10. The zero-order valence-corrected chi connectivity index (χ0v) is 53.3. The van der Waals surface area contributed by atoms with Gasteiger partial charge in [0.15, 0.2) is 8.07 Å². The van der Waals surface area contributed by atoms with Gasteiger partial charge in [-0.05, 0) is 201 Å². The molecule has 0 fully saturated rings. The van der Waals surface area contributed by atoms with Crippen LogP contribution in [0.5, 0.6) is 0 Å². The Hall–Kier alpha value is -7.02. The topological polar surface area (TPSA) is 6.48 Å². The number of rotatable bonds is 26. The third-order valence-electron chi connectivity index (χ3n) is 16.6. The van der Waals surface area contributed by atoms with Crippen LogP contribution in [0.2, 0.25) is 0 Å². The van der Waals surface area contributed by atoms with Crippen LogP contribution < -0.4 is 30.5 Å². The van der Waals surface area contributed by atoms with Gasteiger partial charge < -0.3 is 9.80 Å². The van der Waals surface area contributed by atoms with E-state index in [0.717, 1.165) is 81.6 Å². The van der Waals surface area contributed by atoms with Crippen molar-refractivity contribution in [3.05, 3.63) is 274 Å². The fourth-order valence-electron chi connectivity index (χ4n) is 12.1. The third kappa shape index (κ3) is 14.3. The standard InChI is InChI=1S/C78H80Br2N2Si/c1-5-9-11-13-17-61-23-51-75(52-24-61)83(76-53-25-62(26-54-76)18-14-12-10-6-2,77-55-47-73(48-56-77)81(71-43-35-67(79)36-44-71)69-39-31-65(32-40-69)63-27-19-59(15-7-3)20-28-63)78-57-49-74(50-58-78)82(72-45-37-68(80)38-46-72)70-41-33-66(34-42-70)64-29-21-60(16-8-4)22-30-64/h19-58H,5-18H2,1-4H3. The van der Waals surface area contributed by atoms with Gasteiger partial charge in [0.25, 0.3) is 0 Å². The van der Waals surface area contributed by atoms with Crippen molar-refractivity contribution >= 4 is 94.8 Å². The number of hydrogen-bond acceptors (Lipinski definition) is 2. The first-order chi connectivity index (χ1) is 40.8. The maximum Gasteiger partial charge on any atom is 0.179 e. The highest BCUT2D eigenvalue weighted by Gasteiger charge is 2.42. The summed E-state index contributed by atoms with van der Waals surface area (Å²) in [5, 5.41) is 5.47. The molecule has 0 saturated carbocycles. The Morgan fingerprint density at radius 1 is 0.241 bits per heavy atom. The summed E-state index contributed by atoms with van der Waals surface area (Å²) in [7, 11) is -3.04. The molecule has 0 aliphatic rings. The van der Waals surface area contributed by atoms with E-state index >= 15 is 0 Å². The van der Waals surface area contributed by atoms with Crippen molar-refractivity contribution < 1.29 is 0 Å². The van der Waals surface area contributed by atoms with E-state index < -0.39 is 8.07 Å². The molecule has 0 heterocycles. The molecule has 10 aromatic rings. The number of aryl methyl sites for hydroxylation is 4. The van der Waals surface area contributed by atoms with E-state index in [1.54, 1.807) is 0 Å². The Morgan fingerprint density at radius 2 is 0.470 bits per heavy atom. The summed E-state index contributed by atoms with van der Waals surface area (Å²) >= 11 is 7.47. The summed E-state index contributed by atoms with van der Waals surface area (Å²) in [6.45, 7) is 9.08. The second kappa shape index (κ2) is 29.0. The summed E-state index contributed by atoms with van der Waals surface area (Å²) in [6, 6.07) is 92.8. The largest absolute Gasteiger partial charge is 0.311 e. The first-order valence-corrected chi connectivity index (χ1v) is 34.3. The van der Waals surface area contributed by atoms with Gasteiger partial charge in [-0.1, -0.05) is 257 Å². The molecule has 0 aliphatic heterocycles. The Labute approximate surface area is 514 Å². The predicted octanol–water partition coefficient (Wildman–Crippen LogP) is 21.0. The van der Waals surface area contributed by atoms with Crippen LogP contribution in [0.3, 0.4) is 0 Å². The number of benzene rings is 10. The van der Waals surface area contributed by atoms with Gasteiger partial charge in [0, 0.05) is 43.1 Å². The normalized spacial score (nSPS) is 11.4. The molecule has 0 saturated heterocycles. The van der Waals surface area contributed by atoms with Gasteiger partial charge >= 0.3 is 0 Å². The summed E-state index contributed by atoms with van der Waals surface area (Å²) < 4.78 is 2.11. The Kier molecular flexibility index (Phi) is 20.7. The van der Waals surface area contributed by atoms with Crippen molar-refractivity contribution in [2.75, 3.05) is 9.80 Å². The SMILES string of the molecule is CCCCCCc1ccc([Si](c2ccc(CCCCCC)cc2)(c2ccc(N(c3ccc(Br)cc3)c3ccc(-c4ccc(CCC)cc4)cc3)cc2)c2ccc(N(c3ccc(Br)cc3)c3ccc(-c4ccc(CCC)cc4)cc3)cc2)cc1. The minimum atomic E-state index is -3.04. The van der Waals surface area contributed by atoms with Crippen LogP contribution in [0.4, 0.5) is 34.1 Å². The molecule has 0 bridgehead atoms. The van der Waals surface area contributed by atoms with E-state index in [0.29, 0.717) is 0 Å². The molecule has 2 nitrogen and oxygen atoms in total. The van der Waals surface area contributed by atoms with Gasteiger partial charge in [0.1, 0.15) is 0 Å². The molecule has 0 N–H and O–H groups in total. The minimum Gasteiger partial charge on any atom is -0.311 e. The van der Waals surface area contributed by atoms with Crippen molar-refractivity contribution in [1.29, 1.82) is 0 Å². The first-order valence-electron chi connectivity index (χ1n) is 30.7. The van der Waals surface area contributed by atoms with Crippen LogP contribution in [-0.4, -0.2) is 8.07 Å². The molecule has 5 heteroatoms.